The number of benzene rings is 1. The van der Waals surface area contributed by atoms with Gasteiger partial charge in [0.05, 0.1) is 47.4 Å². The van der Waals surface area contributed by atoms with Gasteiger partial charge in [0.1, 0.15) is 12.0 Å². The summed E-state index contributed by atoms with van der Waals surface area (Å²) >= 11 is 0. The van der Waals surface area contributed by atoms with Gasteiger partial charge in [-0.1, -0.05) is 0 Å². The minimum atomic E-state index is -1.31. The summed E-state index contributed by atoms with van der Waals surface area (Å²) in [5.74, 6) is -2.27. The first kappa shape index (κ1) is 15.6. The Balaban J connectivity index is 2.00. The second-order valence-corrected chi connectivity index (χ2v) is 4.78. The van der Waals surface area contributed by atoms with E-state index in [0.29, 0.717) is 11.0 Å². The van der Waals surface area contributed by atoms with Crippen LogP contribution in [0.5, 0.6) is 0 Å². The van der Waals surface area contributed by atoms with E-state index in [1.807, 2.05) is 0 Å². The number of imidazole rings is 2. The number of hydrogen-bond acceptors (Lipinski definition) is 7. The Bertz CT molecular complexity index is 929. The number of H-pyrrole nitrogens is 1. The highest BCUT2D eigenvalue weighted by molar-refractivity contribution is 6.05. The van der Waals surface area contributed by atoms with Gasteiger partial charge in [0.25, 0.3) is 0 Å². The van der Waals surface area contributed by atoms with E-state index in [2.05, 4.69) is 15.0 Å². The SMILES string of the molecule is O=C(O)c1cc2nc[nH]c2cc1C(=O)On1cnc(CO)c1CO. The zero-order valence-electron chi connectivity index (χ0n) is 12.1. The van der Waals surface area contributed by atoms with E-state index in [0.717, 1.165) is 11.1 Å². The monoisotopic (exact) mass is 332 g/mol. The molecule has 24 heavy (non-hydrogen) atoms. The fourth-order valence-corrected chi connectivity index (χ4v) is 2.23. The Hall–Kier alpha value is -3.24. The van der Waals surface area contributed by atoms with Crippen molar-refractivity contribution in [1.29, 1.82) is 0 Å². The van der Waals surface area contributed by atoms with Gasteiger partial charge in [-0.3, -0.25) is 0 Å². The third kappa shape index (κ3) is 2.59. The predicted octanol–water partition coefficient (Wildman–Crippen LogP) is -0.289. The molecule has 0 saturated heterocycles. The molecule has 0 bridgehead atoms. The molecule has 0 aliphatic rings. The molecule has 0 saturated carbocycles. The van der Waals surface area contributed by atoms with Crippen molar-refractivity contribution in [3.8, 4) is 0 Å². The van der Waals surface area contributed by atoms with E-state index in [9.17, 15) is 19.8 Å². The Morgan fingerprint density at radius 2 is 1.96 bits per heavy atom. The molecule has 3 rings (SSSR count). The van der Waals surface area contributed by atoms with Gasteiger partial charge < -0.3 is 25.1 Å². The van der Waals surface area contributed by atoms with Gasteiger partial charge in [0, 0.05) is 0 Å². The Morgan fingerprint density at radius 3 is 2.62 bits per heavy atom. The lowest BCUT2D eigenvalue weighted by Crippen LogP contribution is -2.23. The number of hydrogen-bond donors (Lipinski definition) is 4. The highest BCUT2D eigenvalue weighted by Crippen LogP contribution is 2.18. The van der Waals surface area contributed by atoms with Crippen LogP contribution in [0.15, 0.2) is 24.8 Å². The van der Waals surface area contributed by atoms with Crippen LogP contribution in [0.4, 0.5) is 0 Å². The molecule has 124 valence electrons. The van der Waals surface area contributed by atoms with Crippen molar-refractivity contribution in [1.82, 2.24) is 19.7 Å². The molecule has 10 heteroatoms. The molecule has 0 aliphatic heterocycles. The molecule has 3 aromatic rings. The van der Waals surface area contributed by atoms with E-state index >= 15 is 0 Å². The maximum Gasteiger partial charge on any atom is 0.364 e. The number of carboxylic acids is 1. The molecule has 0 fully saturated rings. The summed E-state index contributed by atoms with van der Waals surface area (Å²) in [6.45, 7) is -0.963. The van der Waals surface area contributed by atoms with Crippen molar-refractivity contribution >= 4 is 23.0 Å². The predicted molar refractivity (Wildman–Crippen MR) is 78.0 cm³/mol. The number of aromatic amines is 1. The van der Waals surface area contributed by atoms with Gasteiger partial charge in [0.15, 0.2) is 0 Å². The van der Waals surface area contributed by atoms with Gasteiger partial charge >= 0.3 is 11.9 Å². The zero-order valence-corrected chi connectivity index (χ0v) is 12.1. The largest absolute Gasteiger partial charge is 0.478 e. The number of aliphatic hydroxyl groups excluding tert-OH is 2. The fourth-order valence-electron chi connectivity index (χ4n) is 2.23. The number of nitrogens with zero attached hydrogens (tertiary/aromatic N) is 3. The summed E-state index contributed by atoms with van der Waals surface area (Å²) in [5.41, 5.74) is 0.634. The van der Waals surface area contributed by atoms with E-state index in [4.69, 9.17) is 9.94 Å². The molecular weight excluding hydrogens is 320 g/mol. The first-order valence-electron chi connectivity index (χ1n) is 6.75. The number of carboxylic acid groups (broad SMARTS) is 1. The van der Waals surface area contributed by atoms with Crippen LogP contribution < -0.4 is 4.84 Å². The third-order valence-corrected chi connectivity index (χ3v) is 3.41. The lowest BCUT2D eigenvalue weighted by molar-refractivity contribution is 0.0420. The molecule has 0 spiro atoms. The number of fused-ring (bicyclic) bond motifs is 1. The lowest BCUT2D eigenvalue weighted by atomic mass is 10.1. The molecule has 1 aromatic carbocycles. The van der Waals surface area contributed by atoms with Gasteiger partial charge in [-0.2, -0.15) is 4.73 Å². The van der Waals surface area contributed by atoms with Crippen molar-refractivity contribution in [2.75, 3.05) is 0 Å². The molecule has 2 heterocycles. The van der Waals surface area contributed by atoms with Crippen LogP contribution >= 0.6 is 0 Å². The highest BCUT2D eigenvalue weighted by atomic mass is 16.7. The van der Waals surface area contributed by atoms with E-state index < -0.39 is 25.2 Å². The maximum atomic E-state index is 12.4. The average molecular weight is 332 g/mol. The smallest absolute Gasteiger partial charge is 0.364 e. The summed E-state index contributed by atoms with van der Waals surface area (Å²) in [5, 5.41) is 27.7. The number of nitrogens with one attached hydrogen (secondary N) is 1. The second kappa shape index (κ2) is 6.10. The number of rotatable bonds is 5. The minimum Gasteiger partial charge on any atom is -0.478 e. The normalized spacial score (nSPS) is 10.9. The molecule has 0 aliphatic carbocycles. The van der Waals surface area contributed by atoms with Crippen molar-refractivity contribution in [2.24, 2.45) is 0 Å². The topological polar surface area (TPSA) is 151 Å². The van der Waals surface area contributed by atoms with Crippen LogP contribution in [0, 0.1) is 0 Å². The first-order chi connectivity index (χ1) is 11.5. The number of carbonyl (C=O) groups is 2. The highest BCUT2D eigenvalue weighted by Gasteiger charge is 2.22. The van der Waals surface area contributed by atoms with Crippen LogP contribution in [-0.4, -0.2) is 46.9 Å². The Kier molecular flexibility index (Phi) is 3.98. The molecule has 0 unspecified atom stereocenters. The third-order valence-electron chi connectivity index (χ3n) is 3.41. The summed E-state index contributed by atoms with van der Waals surface area (Å²) in [7, 11) is 0. The molecule has 4 N–H and O–H groups in total. The van der Waals surface area contributed by atoms with Gasteiger partial charge in [-0.25, -0.2) is 19.6 Å². The van der Waals surface area contributed by atoms with E-state index in [1.54, 1.807) is 0 Å². The minimum absolute atomic E-state index is 0.0883. The molecule has 2 aromatic heterocycles. The Labute approximate surface area is 133 Å². The van der Waals surface area contributed by atoms with Crippen molar-refractivity contribution < 1.29 is 29.7 Å². The van der Waals surface area contributed by atoms with Crippen LogP contribution in [0.1, 0.15) is 32.1 Å². The number of aromatic nitrogens is 4. The first-order valence-corrected chi connectivity index (χ1v) is 6.75. The molecular formula is C14H12N4O6. The van der Waals surface area contributed by atoms with Crippen molar-refractivity contribution in [3.05, 3.63) is 47.3 Å². The summed E-state index contributed by atoms with van der Waals surface area (Å²) < 4.78 is 0.886. The molecule has 10 nitrogen and oxygen atoms in total. The van der Waals surface area contributed by atoms with Crippen LogP contribution in [0.3, 0.4) is 0 Å². The van der Waals surface area contributed by atoms with Crippen LogP contribution in [-0.2, 0) is 13.2 Å². The molecule has 0 atom stereocenters. The van der Waals surface area contributed by atoms with Gasteiger partial charge in [-0.05, 0) is 12.1 Å². The zero-order chi connectivity index (χ0) is 17.3. The number of aromatic carboxylic acids is 1. The van der Waals surface area contributed by atoms with E-state index in [-0.39, 0.29) is 22.5 Å². The van der Waals surface area contributed by atoms with Gasteiger partial charge in [0.2, 0.25) is 0 Å². The number of aliphatic hydroxyl groups is 2. The maximum absolute atomic E-state index is 12.4. The fraction of sp³-hybridized carbons (Fsp3) is 0.143. The van der Waals surface area contributed by atoms with Gasteiger partial charge in [-0.15, -0.1) is 0 Å². The quantitative estimate of drug-likeness (QED) is 0.497. The lowest BCUT2D eigenvalue weighted by Gasteiger charge is -2.09. The summed E-state index contributed by atoms with van der Waals surface area (Å²) in [6, 6.07) is 2.57. The van der Waals surface area contributed by atoms with Crippen molar-refractivity contribution in [2.45, 2.75) is 13.2 Å². The number of carbonyl (C=O) groups excluding carboxylic acids is 1. The molecule has 0 radical (unpaired) electrons. The van der Waals surface area contributed by atoms with E-state index in [1.165, 1.54) is 18.5 Å². The van der Waals surface area contributed by atoms with Crippen LogP contribution in [0.2, 0.25) is 0 Å². The van der Waals surface area contributed by atoms with Crippen molar-refractivity contribution in [3.63, 3.8) is 0 Å². The standard InChI is InChI=1S/C14H12N4O6/c19-3-11-12(4-20)18(6-17-11)24-14(23)8-2-10-9(15-5-16-10)1-7(8)13(21)22/h1-2,5-6,19-20H,3-4H2,(H,15,16)(H,21,22). The average Bonchev–Trinajstić information content (AvgIpc) is 3.18. The molecule has 0 amide bonds. The van der Waals surface area contributed by atoms with Crippen LogP contribution in [0.25, 0.3) is 11.0 Å². The Morgan fingerprint density at radius 1 is 1.17 bits per heavy atom. The summed E-state index contributed by atoms with van der Waals surface area (Å²) in [4.78, 5) is 39.3. The summed E-state index contributed by atoms with van der Waals surface area (Å²) in [6.07, 6.45) is 2.48. The second-order valence-electron chi connectivity index (χ2n) is 4.78.